The number of carbonyl (C=O) groups is 2. The highest BCUT2D eigenvalue weighted by molar-refractivity contribution is 8.00. The number of hydrogen-bond donors (Lipinski definition) is 2. The molecule has 0 atom stereocenters. The molecule has 2 amide bonds. The van der Waals surface area contributed by atoms with Crippen LogP contribution < -0.4 is 15.6 Å². The maximum Gasteiger partial charge on any atom is 0.276 e. The lowest BCUT2D eigenvalue weighted by atomic mass is 10.2. The van der Waals surface area contributed by atoms with Crippen molar-refractivity contribution >= 4 is 23.6 Å². The van der Waals surface area contributed by atoms with Gasteiger partial charge >= 0.3 is 0 Å². The van der Waals surface area contributed by atoms with Crippen LogP contribution in [-0.4, -0.2) is 24.2 Å². The maximum atomic E-state index is 11.9. The number of amides is 2. The Morgan fingerprint density at radius 3 is 2.62 bits per heavy atom. The van der Waals surface area contributed by atoms with Crippen molar-refractivity contribution in [2.75, 3.05) is 12.4 Å². The van der Waals surface area contributed by atoms with Crippen LogP contribution >= 0.6 is 11.8 Å². The highest BCUT2D eigenvalue weighted by Gasteiger charge is 2.09. The second-order valence-electron chi connectivity index (χ2n) is 5.55. The van der Waals surface area contributed by atoms with Gasteiger partial charge in [0.2, 0.25) is 5.91 Å². The number of hydrogen-bond acceptors (Lipinski definition) is 5. The number of ether oxygens (including phenoxy) is 1. The SMILES string of the molecule is Cc1ccc(C)c(SCC(=O)NNC(=O)COc2ccccc2C#N)c1. The summed E-state index contributed by atoms with van der Waals surface area (Å²) in [6.45, 7) is 3.68. The Hall–Kier alpha value is -2.98. The number of nitrogens with one attached hydrogen (secondary N) is 2. The van der Waals surface area contributed by atoms with Crippen LogP contribution in [0.5, 0.6) is 5.75 Å². The molecule has 0 aliphatic carbocycles. The minimum atomic E-state index is -0.511. The summed E-state index contributed by atoms with van der Waals surface area (Å²) in [7, 11) is 0. The lowest BCUT2D eigenvalue weighted by Gasteiger charge is -2.10. The number of rotatable bonds is 6. The Kier molecular flexibility index (Phi) is 7.06. The van der Waals surface area contributed by atoms with Crippen LogP contribution in [-0.2, 0) is 9.59 Å². The largest absolute Gasteiger partial charge is 0.482 e. The number of para-hydroxylation sites is 1. The van der Waals surface area contributed by atoms with E-state index in [0.29, 0.717) is 11.3 Å². The Morgan fingerprint density at radius 2 is 1.85 bits per heavy atom. The zero-order valence-electron chi connectivity index (χ0n) is 14.5. The monoisotopic (exact) mass is 369 g/mol. The molecule has 0 spiro atoms. The summed E-state index contributed by atoms with van der Waals surface area (Å²) < 4.78 is 5.29. The number of hydrazine groups is 1. The van der Waals surface area contributed by atoms with Crippen molar-refractivity contribution in [1.82, 2.24) is 10.9 Å². The van der Waals surface area contributed by atoms with Crippen LogP contribution in [0.4, 0.5) is 0 Å². The van der Waals surface area contributed by atoms with Gasteiger partial charge in [-0.1, -0.05) is 29.8 Å². The molecule has 2 aromatic rings. The van der Waals surface area contributed by atoms with Gasteiger partial charge in [-0.15, -0.1) is 11.8 Å². The van der Waals surface area contributed by atoms with Gasteiger partial charge < -0.3 is 4.74 Å². The van der Waals surface area contributed by atoms with E-state index in [1.807, 2.05) is 38.1 Å². The second kappa shape index (κ2) is 9.49. The first kappa shape index (κ1) is 19.3. The molecule has 0 saturated carbocycles. The fraction of sp³-hybridized carbons (Fsp3) is 0.211. The number of carbonyl (C=O) groups excluding carboxylic acids is 2. The van der Waals surface area contributed by atoms with Crippen molar-refractivity contribution in [2.45, 2.75) is 18.7 Å². The van der Waals surface area contributed by atoms with Crippen LogP contribution in [0, 0.1) is 25.2 Å². The van der Waals surface area contributed by atoms with Crippen molar-refractivity contribution in [3.05, 3.63) is 59.2 Å². The molecule has 0 saturated heterocycles. The predicted molar refractivity (Wildman–Crippen MR) is 99.6 cm³/mol. The molecule has 0 fully saturated rings. The minimum absolute atomic E-state index is 0.183. The van der Waals surface area contributed by atoms with Crippen molar-refractivity contribution in [3.63, 3.8) is 0 Å². The van der Waals surface area contributed by atoms with E-state index in [0.717, 1.165) is 16.0 Å². The van der Waals surface area contributed by atoms with Crippen molar-refractivity contribution in [1.29, 1.82) is 5.26 Å². The number of nitriles is 1. The average molecular weight is 369 g/mol. The van der Waals surface area contributed by atoms with Gasteiger partial charge in [-0.3, -0.25) is 20.4 Å². The molecule has 0 aromatic heterocycles. The molecular formula is C19H19N3O3S. The van der Waals surface area contributed by atoms with Gasteiger partial charge in [0.25, 0.3) is 5.91 Å². The van der Waals surface area contributed by atoms with E-state index in [9.17, 15) is 9.59 Å². The molecule has 6 nitrogen and oxygen atoms in total. The first-order valence-corrected chi connectivity index (χ1v) is 8.88. The van der Waals surface area contributed by atoms with E-state index in [-0.39, 0.29) is 18.3 Å². The molecule has 2 rings (SSSR count). The molecule has 0 unspecified atom stereocenters. The predicted octanol–water partition coefficient (Wildman–Crippen LogP) is 2.49. The first-order chi connectivity index (χ1) is 12.5. The highest BCUT2D eigenvalue weighted by atomic mass is 32.2. The number of aryl methyl sites for hydroxylation is 2. The van der Waals surface area contributed by atoms with E-state index < -0.39 is 5.91 Å². The third-order valence-corrected chi connectivity index (χ3v) is 4.57. The van der Waals surface area contributed by atoms with E-state index in [2.05, 4.69) is 10.9 Å². The van der Waals surface area contributed by atoms with Crippen LogP contribution in [0.15, 0.2) is 47.4 Å². The fourth-order valence-electron chi connectivity index (χ4n) is 2.05. The molecule has 2 aromatic carbocycles. The molecule has 0 aliphatic rings. The molecule has 2 N–H and O–H groups in total. The zero-order valence-corrected chi connectivity index (χ0v) is 15.4. The summed E-state index contributed by atoms with van der Waals surface area (Å²) in [5.74, 6) is -0.325. The molecule has 0 radical (unpaired) electrons. The summed E-state index contributed by atoms with van der Waals surface area (Å²) in [6.07, 6.45) is 0. The van der Waals surface area contributed by atoms with Crippen molar-refractivity contribution < 1.29 is 14.3 Å². The van der Waals surface area contributed by atoms with E-state index >= 15 is 0 Å². The highest BCUT2D eigenvalue weighted by Crippen LogP contribution is 2.23. The Labute approximate surface area is 156 Å². The standard InChI is InChI=1S/C19H19N3O3S/c1-13-7-8-14(2)17(9-13)26-12-19(24)22-21-18(23)11-25-16-6-4-3-5-15(16)10-20/h3-9H,11-12H2,1-2H3,(H,21,23)(H,22,24). The molecule has 0 bridgehead atoms. The molecule has 0 heterocycles. The topological polar surface area (TPSA) is 91.2 Å². The fourth-order valence-corrected chi connectivity index (χ4v) is 2.97. The van der Waals surface area contributed by atoms with Crippen molar-refractivity contribution in [3.8, 4) is 11.8 Å². The molecule has 7 heteroatoms. The van der Waals surface area contributed by atoms with Gasteiger partial charge in [0, 0.05) is 4.90 Å². The van der Waals surface area contributed by atoms with Crippen LogP contribution in [0.3, 0.4) is 0 Å². The lowest BCUT2D eigenvalue weighted by molar-refractivity contribution is -0.128. The molecule has 26 heavy (non-hydrogen) atoms. The third kappa shape index (κ3) is 5.83. The zero-order chi connectivity index (χ0) is 18.9. The van der Waals surface area contributed by atoms with Gasteiger partial charge in [0.15, 0.2) is 6.61 Å². The summed E-state index contributed by atoms with van der Waals surface area (Å²) >= 11 is 1.41. The number of thioether (sulfide) groups is 1. The Bertz CT molecular complexity index is 846. The quantitative estimate of drug-likeness (QED) is 0.603. The summed E-state index contributed by atoms with van der Waals surface area (Å²) in [6, 6.07) is 14.6. The normalized spacial score (nSPS) is 9.88. The van der Waals surface area contributed by atoms with Crippen LogP contribution in [0.2, 0.25) is 0 Å². The van der Waals surface area contributed by atoms with Gasteiger partial charge in [-0.25, -0.2) is 0 Å². The summed E-state index contributed by atoms with van der Waals surface area (Å²) in [4.78, 5) is 24.6. The van der Waals surface area contributed by atoms with Crippen molar-refractivity contribution in [2.24, 2.45) is 0 Å². The molecule has 0 aliphatic heterocycles. The number of benzene rings is 2. The minimum Gasteiger partial charge on any atom is -0.482 e. The van der Waals surface area contributed by atoms with Gasteiger partial charge in [-0.2, -0.15) is 5.26 Å². The molecular weight excluding hydrogens is 350 g/mol. The summed E-state index contributed by atoms with van der Waals surface area (Å²) in [5.41, 5.74) is 7.21. The number of nitrogens with zero attached hydrogens (tertiary/aromatic N) is 1. The van der Waals surface area contributed by atoms with E-state index in [1.165, 1.54) is 11.8 Å². The Balaban J connectivity index is 1.74. The van der Waals surface area contributed by atoms with Gasteiger partial charge in [-0.05, 0) is 37.6 Å². The van der Waals surface area contributed by atoms with Crippen LogP contribution in [0.25, 0.3) is 0 Å². The average Bonchev–Trinajstić information content (AvgIpc) is 2.65. The smallest absolute Gasteiger partial charge is 0.276 e. The van der Waals surface area contributed by atoms with E-state index in [4.69, 9.17) is 10.00 Å². The second-order valence-corrected chi connectivity index (χ2v) is 6.57. The summed E-state index contributed by atoms with van der Waals surface area (Å²) in [5, 5.41) is 8.96. The van der Waals surface area contributed by atoms with E-state index in [1.54, 1.807) is 24.3 Å². The third-order valence-electron chi connectivity index (χ3n) is 3.41. The maximum absolute atomic E-state index is 11.9. The molecule has 134 valence electrons. The van der Waals surface area contributed by atoms with Gasteiger partial charge in [0.1, 0.15) is 11.8 Å². The first-order valence-electron chi connectivity index (χ1n) is 7.89. The van der Waals surface area contributed by atoms with Gasteiger partial charge in [0.05, 0.1) is 11.3 Å². The van der Waals surface area contributed by atoms with Crippen LogP contribution in [0.1, 0.15) is 16.7 Å². The Morgan fingerprint density at radius 1 is 1.12 bits per heavy atom. The lowest BCUT2D eigenvalue weighted by Crippen LogP contribution is -2.44.